The van der Waals surface area contributed by atoms with Gasteiger partial charge in [-0.3, -0.25) is 19.8 Å². The average Bonchev–Trinajstić information content (AvgIpc) is 2.96. The zero-order chi connectivity index (χ0) is 11.9. The highest BCUT2D eigenvalue weighted by Gasteiger charge is 2.62. The molecule has 16 heavy (non-hydrogen) atoms. The molecule has 88 valence electrons. The maximum absolute atomic E-state index is 12.0. The minimum Gasteiger partial charge on any atom is -0.383 e. The molecular weight excluding hydrogens is 212 g/mol. The maximum Gasteiger partial charge on any atom is 0.331 e. The molecule has 2 fully saturated rings. The lowest BCUT2D eigenvalue weighted by Gasteiger charge is -2.34. The third kappa shape index (κ3) is 1.41. The second-order valence-corrected chi connectivity index (χ2v) is 4.32. The summed E-state index contributed by atoms with van der Waals surface area (Å²) >= 11 is 0. The van der Waals surface area contributed by atoms with Crippen LogP contribution in [0.25, 0.3) is 0 Å². The standard InChI is InChI=1S/C10H14N2O4/c1-6(5-16-2)12-8(14)10(3-4-10)7(13)11-9(12)15/h6H,3-5H2,1-2H3,(H,11,13,15). The molecule has 0 aromatic rings. The molecule has 2 rings (SSSR count). The molecule has 0 radical (unpaired) electrons. The van der Waals surface area contributed by atoms with Crippen LogP contribution in [-0.2, 0) is 14.3 Å². The Morgan fingerprint density at radius 1 is 1.44 bits per heavy atom. The number of barbiturate groups is 1. The number of hydrogen-bond donors (Lipinski definition) is 1. The van der Waals surface area contributed by atoms with Gasteiger partial charge in [-0.25, -0.2) is 4.79 Å². The number of nitrogens with zero attached hydrogens (tertiary/aromatic N) is 1. The summed E-state index contributed by atoms with van der Waals surface area (Å²) in [6.07, 6.45) is 1.06. The van der Waals surface area contributed by atoms with Crippen LogP contribution in [0.15, 0.2) is 0 Å². The Morgan fingerprint density at radius 2 is 2.06 bits per heavy atom. The fourth-order valence-electron chi connectivity index (χ4n) is 1.98. The van der Waals surface area contributed by atoms with Crippen molar-refractivity contribution in [3.05, 3.63) is 0 Å². The molecule has 0 bridgehead atoms. The summed E-state index contributed by atoms with van der Waals surface area (Å²) in [6, 6.07) is -1.000. The monoisotopic (exact) mass is 226 g/mol. The van der Waals surface area contributed by atoms with E-state index in [9.17, 15) is 14.4 Å². The smallest absolute Gasteiger partial charge is 0.331 e. The summed E-state index contributed by atoms with van der Waals surface area (Å²) in [5, 5.41) is 2.22. The minimum absolute atomic E-state index is 0.267. The van der Waals surface area contributed by atoms with Gasteiger partial charge in [-0.15, -0.1) is 0 Å². The molecule has 1 saturated heterocycles. The molecule has 6 heteroatoms. The van der Waals surface area contributed by atoms with Crippen LogP contribution in [0, 0.1) is 5.41 Å². The number of nitrogens with one attached hydrogen (secondary N) is 1. The Hall–Kier alpha value is -1.43. The van der Waals surface area contributed by atoms with Gasteiger partial charge in [0.15, 0.2) is 0 Å². The maximum atomic E-state index is 12.0. The summed E-state index contributed by atoms with van der Waals surface area (Å²) < 4.78 is 4.91. The van der Waals surface area contributed by atoms with E-state index in [0.29, 0.717) is 12.8 Å². The summed E-state index contributed by atoms with van der Waals surface area (Å²) in [5.74, 6) is -0.839. The van der Waals surface area contributed by atoms with Crippen molar-refractivity contribution in [3.63, 3.8) is 0 Å². The van der Waals surface area contributed by atoms with Crippen LogP contribution >= 0.6 is 0 Å². The number of methoxy groups -OCH3 is 1. The van der Waals surface area contributed by atoms with E-state index in [-0.39, 0.29) is 18.6 Å². The predicted octanol–water partition coefficient (Wildman–Crippen LogP) is -0.120. The lowest BCUT2D eigenvalue weighted by Crippen LogP contribution is -2.62. The van der Waals surface area contributed by atoms with Crippen LogP contribution in [0.5, 0.6) is 0 Å². The molecule has 6 nitrogen and oxygen atoms in total. The van der Waals surface area contributed by atoms with Crippen molar-refractivity contribution in [2.75, 3.05) is 13.7 Å². The van der Waals surface area contributed by atoms with E-state index in [1.165, 1.54) is 7.11 Å². The van der Waals surface area contributed by atoms with E-state index in [1.54, 1.807) is 6.92 Å². The van der Waals surface area contributed by atoms with Crippen LogP contribution in [0.2, 0.25) is 0 Å². The van der Waals surface area contributed by atoms with Crippen LogP contribution < -0.4 is 5.32 Å². The second-order valence-electron chi connectivity index (χ2n) is 4.32. The lowest BCUT2D eigenvalue weighted by atomic mass is 10.0. The predicted molar refractivity (Wildman–Crippen MR) is 53.4 cm³/mol. The largest absolute Gasteiger partial charge is 0.383 e. The lowest BCUT2D eigenvalue weighted by molar-refractivity contribution is -0.146. The number of hydrogen-bond acceptors (Lipinski definition) is 4. The van der Waals surface area contributed by atoms with Crippen LogP contribution in [-0.4, -0.2) is 42.5 Å². The zero-order valence-electron chi connectivity index (χ0n) is 9.28. The molecule has 1 saturated carbocycles. The SMILES string of the molecule is COCC(C)N1C(=O)NC(=O)C2(CC2)C1=O. The molecule has 4 amide bonds. The van der Waals surface area contributed by atoms with Crippen LogP contribution in [0.1, 0.15) is 19.8 Å². The van der Waals surface area contributed by atoms with Crippen molar-refractivity contribution < 1.29 is 19.1 Å². The zero-order valence-corrected chi connectivity index (χ0v) is 9.28. The van der Waals surface area contributed by atoms with Crippen molar-refractivity contribution in [2.45, 2.75) is 25.8 Å². The highest BCUT2D eigenvalue weighted by Crippen LogP contribution is 2.49. The molecule has 1 N–H and O–H groups in total. The molecule has 1 aliphatic heterocycles. The topological polar surface area (TPSA) is 75.7 Å². The Morgan fingerprint density at radius 3 is 2.56 bits per heavy atom. The molecule has 1 spiro atoms. The number of carbonyl (C=O) groups is 3. The fourth-order valence-corrected chi connectivity index (χ4v) is 1.98. The normalized spacial score (nSPS) is 24.6. The third-order valence-electron chi connectivity index (χ3n) is 3.10. The van der Waals surface area contributed by atoms with Gasteiger partial charge in [0.1, 0.15) is 5.41 Å². The molecular formula is C10H14N2O4. The van der Waals surface area contributed by atoms with Crippen molar-refractivity contribution in [1.82, 2.24) is 10.2 Å². The molecule has 0 aromatic carbocycles. The Kier molecular flexibility index (Phi) is 2.46. The molecule has 2 aliphatic rings. The highest BCUT2D eigenvalue weighted by atomic mass is 16.5. The summed E-state index contributed by atoms with van der Waals surface area (Å²) in [5.41, 5.74) is -0.962. The van der Waals surface area contributed by atoms with E-state index in [0.717, 1.165) is 4.90 Å². The van der Waals surface area contributed by atoms with Gasteiger partial charge in [-0.2, -0.15) is 0 Å². The van der Waals surface area contributed by atoms with E-state index in [1.807, 2.05) is 0 Å². The van der Waals surface area contributed by atoms with Crippen LogP contribution in [0.4, 0.5) is 4.79 Å². The summed E-state index contributed by atoms with van der Waals surface area (Å²) in [7, 11) is 1.50. The second kappa shape index (κ2) is 3.55. The molecule has 1 heterocycles. The number of urea groups is 1. The number of rotatable bonds is 3. The van der Waals surface area contributed by atoms with Gasteiger partial charge in [0.2, 0.25) is 11.8 Å². The van der Waals surface area contributed by atoms with Crippen molar-refractivity contribution in [1.29, 1.82) is 0 Å². The van der Waals surface area contributed by atoms with Gasteiger partial charge in [-0.05, 0) is 19.8 Å². The van der Waals surface area contributed by atoms with Gasteiger partial charge >= 0.3 is 6.03 Å². The van der Waals surface area contributed by atoms with Crippen molar-refractivity contribution in [2.24, 2.45) is 5.41 Å². The number of imide groups is 2. The van der Waals surface area contributed by atoms with Gasteiger partial charge in [0.05, 0.1) is 12.6 Å². The van der Waals surface area contributed by atoms with Crippen LogP contribution in [0.3, 0.4) is 0 Å². The van der Waals surface area contributed by atoms with E-state index in [2.05, 4.69) is 5.32 Å². The number of ether oxygens (including phenoxy) is 1. The Labute approximate surface area is 92.9 Å². The number of amides is 4. The molecule has 1 aliphatic carbocycles. The minimum atomic E-state index is -0.962. The number of carbonyl (C=O) groups excluding carboxylic acids is 3. The van der Waals surface area contributed by atoms with Crippen molar-refractivity contribution in [3.8, 4) is 0 Å². The van der Waals surface area contributed by atoms with Gasteiger partial charge in [0.25, 0.3) is 0 Å². The first-order valence-corrected chi connectivity index (χ1v) is 5.21. The summed E-state index contributed by atoms with van der Waals surface area (Å²) in [4.78, 5) is 36.2. The first kappa shape index (κ1) is 11.1. The van der Waals surface area contributed by atoms with Gasteiger partial charge < -0.3 is 4.74 Å². The first-order chi connectivity index (χ1) is 7.53. The summed E-state index contributed by atoms with van der Waals surface area (Å²) in [6.45, 7) is 1.98. The van der Waals surface area contributed by atoms with Gasteiger partial charge in [0, 0.05) is 7.11 Å². The van der Waals surface area contributed by atoms with Crippen molar-refractivity contribution >= 4 is 17.8 Å². The molecule has 1 unspecified atom stereocenters. The first-order valence-electron chi connectivity index (χ1n) is 5.21. The Bertz CT molecular complexity index is 362. The molecule has 0 aromatic heterocycles. The highest BCUT2D eigenvalue weighted by molar-refractivity contribution is 6.21. The molecule has 1 atom stereocenters. The average molecular weight is 226 g/mol. The fraction of sp³-hybridized carbons (Fsp3) is 0.700. The van der Waals surface area contributed by atoms with E-state index < -0.39 is 17.4 Å². The van der Waals surface area contributed by atoms with E-state index in [4.69, 9.17) is 4.74 Å². The third-order valence-corrected chi connectivity index (χ3v) is 3.10. The Balaban J connectivity index is 2.21. The quantitative estimate of drug-likeness (QED) is 0.681. The van der Waals surface area contributed by atoms with E-state index >= 15 is 0 Å². The van der Waals surface area contributed by atoms with Gasteiger partial charge in [-0.1, -0.05) is 0 Å².